The summed E-state index contributed by atoms with van der Waals surface area (Å²) in [5.41, 5.74) is 1.16. The van der Waals surface area contributed by atoms with Gasteiger partial charge in [-0.05, 0) is 40.8 Å². The fourth-order valence-corrected chi connectivity index (χ4v) is 2.25. The molecule has 1 saturated heterocycles. The van der Waals surface area contributed by atoms with Crippen molar-refractivity contribution in [3.63, 3.8) is 0 Å². The molecule has 1 aromatic rings. The van der Waals surface area contributed by atoms with Crippen molar-refractivity contribution in [3.8, 4) is 0 Å². The molecule has 1 fully saturated rings. The van der Waals surface area contributed by atoms with Crippen molar-refractivity contribution in [1.29, 1.82) is 0 Å². The summed E-state index contributed by atoms with van der Waals surface area (Å²) < 4.78 is 6.19. The van der Waals surface area contributed by atoms with Crippen molar-refractivity contribution in [1.82, 2.24) is 0 Å². The lowest BCUT2D eigenvalue weighted by molar-refractivity contribution is 0.0696. The Kier molecular flexibility index (Phi) is 3.65. The Balaban J connectivity index is 2.34. The molecule has 0 saturated carbocycles. The average Bonchev–Trinajstić information content (AvgIpc) is 2.30. The maximum absolute atomic E-state index is 11.2. The molecular formula is C11H12INO3. The molecule has 0 spiro atoms. The molecule has 86 valence electrons. The van der Waals surface area contributed by atoms with E-state index in [1.165, 1.54) is 0 Å². The van der Waals surface area contributed by atoms with Crippen LogP contribution in [0.2, 0.25) is 0 Å². The van der Waals surface area contributed by atoms with Gasteiger partial charge in [-0.15, -0.1) is 0 Å². The molecule has 5 heteroatoms. The van der Waals surface area contributed by atoms with Crippen LogP contribution in [0.15, 0.2) is 18.2 Å². The van der Waals surface area contributed by atoms with E-state index < -0.39 is 5.97 Å². The van der Waals surface area contributed by atoms with Crippen LogP contribution in [0.3, 0.4) is 0 Å². The highest BCUT2D eigenvalue weighted by molar-refractivity contribution is 14.1. The number of carbonyl (C=O) groups is 1. The van der Waals surface area contributed by atoms with Crippen molar-refractivity contribution >= 4 is 34.2 Å². The number of rotatable bonds is 2. The number of hydrogen-bond acceptors (Lipinski definition) is 3. The van der Waals surface area contributed by atoms with Crippen LogP contribution in [0.5, 0.6) is 0 Å². The predicted molar refractivity (Wildman–Crippen MR) is 69.2 cm³/mol. The van der Waals surface area contributed by atoms with Gasteiger partial charge in [0.05, 0.1) is 24.5 Å². The molecule has 4 nitrogen and oxygen atoms in total. The Morgan fingerprint density at radius 3 is 2.69 bits per heavy atom. The van der Waals surface area contributed by atoms with Crippen LogP contribution in [0.25, 0.3) is 0 Å². The van der Waals surface area contributed by atoms with E-state index in [4.69, 9.17) is 9.84 Å². The van der Waals surface area contributed by atoms with Crippen LogP contribution >= 0.6 is 22.6 Å². The van der Waals surface area contributed by atoms with Gasteiger partial charge in [-0.1, -0.05) is 0 Å². The lowest BCUT2D eigenvalue weighted by atomic mass is 10.1. The molecule has 1 N–H and O–H groups in total. The standard InChI is InChI=1S/C11H12INO3/c12-8-1-2-10(9(7-8)11(14)15)13-3-5-16-6-4-13/h1-2,7H,3-6H2,(H,14,15). The number of halogens is 1. The van der Waals surface area contributed by atoms with E-state index in [9.17, 15) is 4.79 Å². The summed E-state index contributed by atoms with van der Waals surface area (Å²) in [4.78, 5) is 13.2. The molecule has 1 aliphatic heterocycles. The van der Waals surface area contributed by atoms with E-state index in [-0.39, 0.29) is 0 Å². The first-order valence-corrected chi connectivity index (χ1v) is 6.12. The van der Waals surface area contributed by atoms with Gasteiger partial charge >= 0.3 is 5.97 Å². The van der Waals surface area contributed by atoms with Crippen LogP contribution in [0.4, 0.5) is 5.69 Å². The normalized spacial score (nSPS) is 16.2. The number of anilines is 1. The molecule has 16 heavy (non-hydrogen) atoms. The van der Waals surface area contributed by atoms with Crippen molar-refractivity contribution in [2.75, 3.05) is 31.2 Å². The molecule has 0 unspecified atom stereocenters. The maximum atomic E-state index is 11.2. The smallest absolute Gasteiger partial charge is 0.337 e. The molecular weight excluding hydrogens is 321 g/mol. The lowest BCUT2D eigenvalue weighted by Gasteiger charge is -2.29. The molecule has 1 aromatic carbocycles. The summed E-state index contributed by atoms with van der Waals surface area (Å²) >= 11 is 2.12. The summed E-state index contributed by atoms with van der Waals surface area (Å²) in [6, 6.07) is 5.50. The highest BCUT2D eigenvalue weighted by Crippen LogP contribution is 2.23. The minimum Gasteiger partial charge on any atom is -0.478 e. The molecule has 0 radical (unpaired) electrons. The van der Waals surface area contributed by atoms with Crippen molar-refractivity contribution < 1.29 is 14.6 Å². The van der Waals surface area contributed by atoms with Crippen LogP contribution < -0.4 is 4.90 Å². The Morgan fingerprint density at radius 1 is 1.38 bits per heavy atom. The molecule has 0 aromatic heterocycles. The minimum atomic E-state index is -0.875. The topological polar surface area (TPSA) is 49.8 Å². The Bertz CT molecular complexity index is 402. The maximum Gasteiger partial charge on any atom is 0.337 e. The van der Waals surface area contributed by atoms with Crippen LogP contribution in [-0.2, 0) is 4.74 Å². The van der Waals surface area contributed by atoms with Gasteiger partial charge in [-0.2, -0.15) is 0 Å². The van der Waals surface area contributed by atoms with Gasteiger partial charge in [0.1, 0.15) is 0 Å². The number of aromatic carboxylic acids is 1. The number of carboxylic acids is 1. The third-order valence-electron chi connectivity index (χ3n) is 2.54. The number of nitrogens with zero attached hydrogens (tertiary/aromatic N) is 1. The quantitative estimate of drug-likeness (QED) is 0.839. The van der Waals surface area contributed by atoms with Crippen LogP contribution in [0.1, 0.15) is 10.4 Å². The highest BCUT2D eigenvalue weighted by atomic mass is 127. The number of benzene rings is 1. The van der Waals surface area contributed by atoms with E-state index in [1.54, 1.807) is 6.07 Å². The van der Waals surface area contributed by atoms with Crippen molar-refractivity contribution in [3.05, 3.63) is 27.3 Å². The average molecular weight is 333 g/mol. The Morgan fingerprint density at radius 2 is 2.06 bits per heavy atom. The van der Waals surface area contributed by atoms with Gasteiger partial charge in [0.25, 0.3) is 0 Å². The number of morpholine rings is 1. The third-order valence-corrected chi connectivity index (χ3v) is 3.21. The van der Waals surface area contributed by atoms with E-state index in [1.807, 2.05) is 12.1 Å². The van der Waals surface area contributed by atoms with Gasteiger partial charge in [0.2, 0.25) is 0 Å². The van der Waals surface area contributed by atoms with Crippen LogP contribution in [-0.4, -0.2) is 37.4 Å². The van der Waals surface area contributed by atoms with Crippen LogP contribution in [0, 0.1) is 3.57 Å². The zero-order chi connectivity index (χ0) is 11.5. The van der Waals surface area contributed by atoms with Gasteiger partial charge < -0.3 is 14.7 Å². The number of hydrogen-bond donors (Lipinski definition) is 1. The van der Waals surface area contributed by atoms with E-state index in [0.29, 0.717) is 18.8 Å². The predicted octanol–water partition coefficient (Wildman–Crippen LogP) is 1.83. The Labute approximate surface area is 107 Å². The molecule has 0 bridgehead atoms. The first-order chi connectivity index (χ1) is 7.68. The van der Waals surface area contributed by atoms with Gasteiger partial charge in [-0.25, -0.2) is 4.79 Å². The van der Waals surface area contributed by atoms with Gasteiger partial charge in [0, 0.05) is 16.7 Å². The second kappa shape index (κ2) is 5.01. The molecule has 0 atom stereocenters. The minimum absolute atomic E-state index is 0.369. The number of carboxylic acid groups (broad SMARTS) is 1. The summed E-state index contributed by atoms with van der Waals surface area (Å²) in [6.07, 6.45) is 0. The zero-order valence-corrected chi connectivity index (χ0v) is 10.8. The second-order valence-electron chi connectivity index (χ2n) is 3.57. The third kappa shape index (κ3) is 2.46. The molecule has 1 aliphatic rings. The van der Waals surface area contributed by atoms with Crippen molar-refractivity contribution in [2.24, 2.45) is 0 Å². The first kappa shape index (κ1) is 11.7. The van der Waals surface area contributed by atoms with E-state index in [0.717, 1.165) is 22.3 Å². The first-order valence-electron chi connectivity index (χ1n) is 5.04. The van der Waals surface area contributed by atoms with Gasteiger partial charge in [-0.3, -0.25) is 0 Å². The summed E-state index contributed by atoms with van der Waals surface area (Å²) in [5.74, 6) is -0.875. The zero-order valence-electron chi connectivity index (χ0n) is 8.65. The monoisotopic (exact) mass is 333 g/mol. The summed E-state index contributed by atoms with van der Waals surface area (Å²) in [5, 5.41) is 9.16. The summed E-state index contributed by atoms with van der Waals surface area (Å²) in [7, 11) is 0. The van der Waals surface area contributed by atoms with Crippen molar-refractivity contribution in [2.45, 2.75) is 0 Å². The fraction of sp³-hybridized carbons (Fsp3) is 0.364. The Hall–Kier alpha value is -0.820. The number of ether oxygens (including phenoxy) is 1. The van der Waals surface area contributed by atoms with E-state index >= 15 is 0 Å². The van der Waals surface area contributed by atoms with Gasteiger partial charge in [0.15, 0.2) is 0 Å². The SMILES string of the molecule is O=C(O)c1cc(I)ccc1N1CCOCC1. The largest absolute Gasteiger partial charge is 0.478 e. The van der Waals surface area contributed by atoms with E-state index in [2.05, 4.69) is 27.5 Å². The summed E-state index contributed by atoms with van der Waals surface area (Å²) in [6.45, 7) is 2.82. The highest BCUT2D eigenvalue weighted by Gasteiger charge is 2.18. The lowest BCUT2D eigenvalue weighted by Crippen LogP contribution is -2.37. The molecule has 0 amide bonds. The second-order valence-corrected chi connectivity index (χ2v) is 4.81. The molecule has 2 rings (SSSR count). The fourth-order valence-electron chi connectivity index (χ4n) is 1.76. The molecule has 1 heterocycles. The molecule has 0 aliphatic carbocycles.